The third-order valence-corrected chi connectivity index (χ3v) is 3.25. The largest absolute Gasteiger partial charge is 0.449 e. The highest BCUT2D eigenvalue weighted by atomic mass is 79.9. The summed E-state index contributed by atoms with van der Waals surface area (Å²) < 4.78 is 5.71. The molecule has 1 aromatic rings. The zero-order chi connectivity index (χ0) is 15.0. The molecule has 1 rings (SSSR count). The Labute approximate surface area is 126 Å². The van der Waals surface area contributed by atoms with E-state index in [4.69, 9.17) is 10.5 Å². The summed E-state index contributed by atoms with van der Waals surface area (Å²) in [5.41, 5.74) is 6.31. The van der Waals surface area contributed by atoms with Crippen LogP contribution in [0.4, 0.5) is 9.59 Å². The lowest BCUT2D eigenvalue weighted by Crippen LogP contribution is -2.46. The van der Waals surface area contributed by atoms with Gasteiger partial charge in [-0.3, -0.25) is 0 Å². The molecule has 1 aromatic carbocycles. The Hall–Kier alpha value is -1.60. The minimum absolute atomic E-state index is 0.112. The number of halogens is 1. The number of nitrogens with zero attached hydrogens (tertiary/aromatic N) is 1. The van der Waals surface area contributed by atoms with Crippen molar-refractivity contribution in [2.24, 2.45) is 5.73 Å². The van der Waals surface area contributed by atoms with Crippen molar-refractivity contribution in [2.75, 3.05) is 19.7 Å². The van der Waals surface area contributed by atoms with E-state index in [-0.39, 0.29) is 19.7 Å². The van der Waals surface area contributed by atoms with Gasteiger partial charge in [-0.25, -0.2) is 14.5 Å². The number of rotatable bonds is 5. The molecule has 0 saturated heterocycles. The topological polar surface area (TPSA) is 84.7 Å². The van der Waals surface area contributed by atoms with E-state index in [1.807, 2.05) is 24.3 Å². The summed E-state index contributed by atoms with van der Waals surface area (Å²) in [7, 11) is 0. The molecule has 0 spiro atoms. The lowest BCUT2D eigenvalue weighted by molar-refractivity contribution is 0.115. The molecule has 0 fully saturated rings. The third-order valence-electron chi connectivity index (χ3n) is 2.47. The van der Waals surface area contributed by atoms with Crippen LogP contribution in [0.5, 0.6) is 0 Å². The number of ether oxygens (including phenoxy) is 1. The molecule has 0 atom stereocenters. The van der Waals surface area contributed by atoms with Crippen molar-refractivity contribution >= 4 is 28.1 Å². The van der Waals surface area contributed by atoms with Crippen LogP contribution in [-0.2, 0) is 11.3 Å². The fourth-order valence-electron chi connectivity index (χ4n) is 1.51. The van der Waals surface area contributed by atoms with Gasteiger partial charge in [0.2, 0.25) is 0 Å². The minimum Gasteiger partial charge on any atom is -0.449 e. The fourth-order valence-corrected chi connectivity index (χ4v) is 1.94. The van der Waals surface area contributed by atoms with E-state index in [1.54, 1.807) is 6.92 Å². The number of hydrogen-bond donors (Lipinski definition) is 2. The highest BCUT2D eigenvalue weighted by Crippen LogP contribution is 2.15. The number of imide groups is 1. The predicted molar refractivity (Wildman–Crippen MR) is 79.2 cm³/mol. The maximum atomic E-state index is 12.0. The minimum atomic E-state index is -0.692. The van der Waals surface area contributed by atoms with Crippen LogP contribution in [-0.4, -0.2) is 36.7 Å². The maximum absolute atomic E-state index is 12.0. The lowest BCUT2D eigenvalue weighted by atomic mass is 10.2. The van der Waals surface area contributed by atoms with Gasteiger partial charge in [-0.2, -0.15) is 0 Å². The number of urea groups is 1. The Kier molecular flexibility index (Phi) is 7.03. The standard InChI is InChI=1S/C13H18BrN3O3/c1-2-20-13(19)17(8-7-15)12(18)16-9-10-5-3-4-6-11(10)14/h3-6H,2,7-9,15H2,1H3,(H,16,18). The van der Waals surface area contributed by atoms with Gasteiger partial charge >= 0.3 is 12.1 Å². The molecule has 0 aliphatic rings. The van der Waals surface area contributed by atoms with Crippen molar-refractivity contribution in [1.29, 1.82) is 0 Å². The van der Waals surface area contributed by atoms with E-state index in [1.165, 1.54) is 0 Å². The van der Waals surface area contributed by atoms with Crippen molar-refractivity contribution in [1.82, 2.24) is 10.2 Å². The molecule has 0 saturated carbocycles. The molecule has 0 radical (unpaired) electrons. The molecule has 7 heteroatoms. The summed E-state index contributed by atoms with van der Waals surface area (Å²) in [6.45, 7) is 2.48. The van der Waals surface area contributed by atoms with Crippen molar-refractivity contribution in [2.45, 2.75) is 13.5 Å². The Morgan fingerprint density at radius 3 is 2.70 bits per heavy atom. The molecule has 3 amide bonds. The Morgan fingerprint density at radius 2 is 2.10 bits per heavy atom. The first-order chi connectivity index (χ1) is 9.60. The van der Waals surface area contributed by atoms with Crippen LogP contribution in [0.1, 0.15) is 12.5 Å². The van der Waals surface area contributed by atoms with Gasteiger partial charge in [-0.1, -0.05) is 34.1 Å². The van der Waals surface area contributed by atoms with E-state index in [9.17, 15) is 9.59 Å². The Balaban J connectivity index is 2.62. The average Bonchev–Trinajstić information content (AvgIpc) is 2.43. The molecule has 0 aliphatic heterocycles. The van der Waals surface area contributed by atoms with Gasteiger partial charge in [0.15, 0.2) is 0 Å². The highest BCUT2D eigenvalue weighted by Gasteiger charge is 2.21. The van der Waals surface area contributed by atoms with E-state index < -0.39 is 12.1 Å². The molecule has 0 heterocycles. The van der Waals surface area contributed by atoms with E-state index in [2.05, 4.69) is 21.2 Å². The van der Waals surface area contributed by atoms with Gasteiger partial charge in [0.05, 0.1) is 6.61 Å². The molecule has 3 N–H and O–H groups in total. The molecule has 110 valence electrons. The SMILES string of the molecule is CCOC(=O)N(CCN)C(=O)NCc1ccccc1Br. The first kappa shape index (κ1) is 16.5. The summed E-state index contributed by atoms with van der Waals surface area (Å²) in [5.74, 6) is 0. The quantitative estimate of drug-likeness (QED) is 0.856. The van der Waals surface area contributed by atoms with Gasteiger partial charge in [0.25, 0.3) is 0 Å². The fraction of sp³-hybridized carbons (Fsp3) is 0.385. The summed E-state index contributed by atoms with van der Waals surface area (Å²) in [6.07, 6.45) is -0.692. The van der Waals surface area contributed by atoms with Crippen molar-refractivity contribution < 1.29 is 14.3 Å². The van der Waals surface area contributed by atoms with Crippen LogP contribution in [0.3, 0.4) is 0 Å². The maximum Gasteiger partial charge on any atom is 0.418 e. The number of amides is 3. The van der Waals surface area contributed by atoms with E-state index in [0.717, 1.165) is 14.9 Å². The van der Waals surface area contributed by atoms with E-state index in [0.29, 0.717) is 6.54 Å². The summed E-state index contributed by atoms with van der Waals surface area (Å²) in [5, 5.41) is 2.66. The van der Waals surface area contributed by atoms with Crippen LogP contribution in [0, 0.1) is 0 Å². The van der Waals surface area contributed by atoms with Crippen LogP contribution in [0.25, 0.3) is 0 Å². The number of nitrogens with two attached hydrogens (primary N) is 1. The van der Waals surface area contributed by atoms with E-state index >= 15 is 0 Å². The lowest BCUT2D eigenvalue weighted by Gasteiger charge is -2.20. The van der Waals surface area contributed by atoms with Crippen molar-refractivity contribution in [3.63, 3.8) is 0 Å². The molecule has 0 aromatic heterocycles. The van der Waals surface area contributed by atoms with Gasteiger partial charge in [0.1, 0.15) is 0 Å². The number of benzene rings is 1. The van der Waals surface area contributed by atoms with Crippen LogP contribution < -0.4 is 11.1 Å². The molecular weight excluding hydrogens is 326 g/mol. The molecule has 0 bridgehead atoms. The first-order valence-corrected chi connectivity index (χ1v) is 7.05. The number of nitrogens with one attached hydrogen (secondary N) is 1. The van der Waals surface area contributed by atoms with Crippen molar-refractivity contribution in [3.8, 4) is 0 Å². The number of carbonyl (C=O) groups excluding carboxylic acids is 2. The van der Waals surface area contributed by atoms with Crippen LogP contribution in [0.2, 0.25) is 0 Å². The molecular formula is C13H18BrN3O3. The average molecular weight is 344 g/mol. The zero-order valence-electron chi connectivity index (χ0n) is 11.3. The van der Waals surface area contributed by atoms with Gasteiger partial charge in [0, 0.05) is 24.1 Å². The van der Waals surface area contributed by atoms with Gasteiger partial charge < -0.3 is 15.8 Å². The normalized spacial score (nSPS) is 9.95. The zero-order valence-corrected chi connectivity index (χ0v) is 12.9. The van der Waals surface area contributed by atoms with Gasteiger partial charge in [-0.05, 0) is 18.6 Å². The Bertz CT molecular complexity index is 468. The second kappa shape index (κ2) is 8.55. The molecule has 20 heavy (non-hydrogen) atoms. The second-order valence-corrected chi connectivity index (χ2v) is 4.74. The smallest absolute Gasteiger partial charge is 0.418 e. The van der Waals surface area contributed by atoms with Gasteiger partial charge in [-0.15, -0.1) is 0 Å². The highest BCUT2D eigenvalue weighted by molar-refractivity contribution is 9.10. The molecule has 6 nitrogen and oxygen atoms in total. The van der Waals surface area contributed by atoms with Crippen LogP contribution >= 0.6 is 15.9 Å². The molecule has 0 unspecified atom stereocenters. The first-order valence-electron chi connectivity index (χ1n) is 6.25. The number of hydrogen-bond acceptors (Lipinski definition) is 4. The third kappa shape index (κ3) is 4.82. The van der Waals surface area contributed by atoms with Crippen LogP contribution in [0.15, 0.2) is 28.7 Å². The summed E-state index contributed by atoms with van der Waals surface area (Å²) in [4.78, 5) is 24.6. The van der Waals surface area contributed by atoms with Crippen molar-refractivity contribution in [3.05, 3.63) is 34.3 Å². The second-order valence-electron chi connectivity index (χ2n) is 3.89. The Morgan fingerprint density at radius 1 is 1.40 bits per heavy atom. The summed E-state index contributed by atoms with van der Waals surface area (Å²) >= 11 is 3.39. The monoisotopic (exact) mass is 343 g/mol. The summed E-state index contributed by atoms with van der Waals surface area (Å²) in [6, 6.07) is 6.99. The molecule has 0 aliphatic carbocycles. The predicted octanol–water partition coefficient (Wildman–Crippen LogP) is 2.08. The number of carbonyl (C=O) groups is 2.